The molecule has 1 fully saturated rings. The Hall–Kier alpha value is -2.87. The maximum Gasteiger partial charge on any atom is 0.253 e. The third-order valence-electron chi connectivity index (χ3n) is 4.58. The zero-order chi connectivity index (χ0) is 20.6. The van der Waals surface area contributed by atoms with Crippen LogP contribution in [0.3, 0.4) is 0 Å². The van der Waals surface area contributed by atoms with E-state index in [4.69, 9.17) is 0 Å². The Morgan fingerprint density at radius 1 is 1.00 bits per heavy atom. The first-order valence-corrected chi connectivity index (χ1v) is 10.4. The van der Waals surface area contributed by atoms with Gasteiger partial charge in [0.2, 0.25) is 12.3 Å². The Balaban J connectivity index is 1.43. The van der Waals surface area contributed by atoms with Crippen molar-refractivity contribution in [2.75, 3.05) is 37.2 Å². The number of nitrogens with one attached hydrogen (secondary N) is 1. The fraction of sp³-hybridized carbons (Fsp3) is 0.286. The largest absolute Gasteiger partial charge is 0.342 e. The van der Waals surface area contributed by atoms with Crippen LogP contribution in [-0.2, 0) is 15.3 Å². The fourth-order valence-electron chi connectivity index (χ4n) is 2.95. The van der Waals surface area contributed by atoms with Crippen LogP contribution in [0.4, 0.5) is 10.1 Å². The number of piperazine rings is 1. The number of amides is 3. The lowest BCUT2D eigenvalue weighted by molar-refractivity contribution is -0.119. The Morgan fingerprint density at radius 3 is 2.28 bits per heavy atom. The number of anilines is 1. The van der Waals surface area contributed by atoms with Crippen molar-refractivity contribution in [1.29, 1.82) is 0 Å². The van der Waals surface area contributed by atoms with Crippen LogP contribution >= 0.6 is 11.8 Å². The number of hydrogen-bond acceptors (Lipinski definition) is 4. The van der Waals surface area contributed by atoms with Crippen molar-refractivity contribution in [3.63, 3.8) is 0 Å². The molecule has 0 radical (unpaired) electrons. The molecule has 6 nitrogen and oxygen atoms in total. The number of carbonyl (C=O) groups is 3. The number of rotatable bonds is 7. The molecule has 8 heteroatoms. The highest BCUT2D eigenvalue weighted by Gasteiger charge is 2.21. The van der Waals surface area contributed by atoms with Gasteiger partial charge < -0.3 is 15.1 Å². The first kappa shape index (κ1) is 20.9. The van der Waals surface area contributed by atoms with Gasteiger partial charge in [0.15, 0.2) is 0 Å². The smallest absolute Gasteiger partial charge is 0.253 e. The predicted octanol–water partition coefficient (Wildman–Crippen LogP) is 2.61. The van der Waals surface area contributed by atoms with E-state index in [1.54, 1.807) is 21.9 Å². The van der Waals surface area contributed by atoms with E-state index in [9.17, 15) is 18.8 Å². The van der Waals surface area contributed by atoms with Crippen LogP contribution in [0.15, 0.2) is 48.5 Å². The van der Waals surface area contributed by atoms with Crippen molar-refractivity contribution in [2.24, 2.45) is 0 Å². The minimum atomic E-state index is -0.345. The van der Waals surface area contributed by atoms with Crippen LogP contribution < -0.4 is 5.32 Å². The summed E-state index contributed by atoms with van der Waals surface area (Å²) >= 11 is 1.46. The number of nitrogens with zero attached hydrogens (tertiary/aromatic N) is 2. The molecular weight excluding hydrogens is 393 g/mol. The van der Waals surface area contributed by atoms with Crippen LogP contribution in [0.2, 0.25) is 0 Å². The van der Waals surface area contributed by atoms with Crippen LogP contribution in [-0.4, -0.2) is 60.0 Å². The normalized spacial score (nSPS) is 13.8. The molecule has 0 aliphatic carbocycles. The summed E-state index contributed by atoms with van der Waals surface area (Å²) in [7, 11) is 0. The second-order valence-corrected chi connectivity index (χ2v) is 7.66. The SMILES string of the molecule is O=CN1CCN(C(=O)c2ccc(CSCC(=O)Nc3ccc(F)cc3)cc2)CC1. The van der Waals surface area contributed by atoms with E-state index in [2.05, 4.69) is 5.32 Å². The molecule has 2 aromatic carbocycles. The molecule has 1 aliphatic rings. The van der Waals surface area contributed by atoms with Gasteiger partial charge in [-0.05, 0) is 42.0 Å². The van der Waals surface area contributed by atoms with E-state index in [-0.39, 0.29) is 23.4 Å². The van der Waals surface area contributed by atoms with Gasteiger partial charge in [-0.3, -0.25) is 14.4 Å². The number of halogens is 1. The lowest BCUT2D eigenvalue weighted by Gasteiger charge is -2.32. The third kappa shape index (κ3) is 6.05. The standard InChI is InChI=1S/C21H22FN3O3S/c22-18-5-7-19(8-6-18)23-20(27)14-29-13-16-1-3-17(4-2-16)21(28)25-11-9-24(15-26)10-12-25/h1-8,15H,9-14H2,(H,23,27). The molecule has 1 aliphatic heterocycles. The molecule has 152 valence electrons. The van der Waals surface area contributed by atoms with Crippen LogP contribution in [0.1, 0.15) is 15.9 Å². The van der Waals surface area contributed by atoms with Crippen LogP contribution in [0, 0.1) is 5.82 Å². The molecule has 29 heavy (non-hydrogen) atoms. The maximum absolute atomic E-state index is 12.9. The van der Waals surface area contributed by atoms with Gasteiger partial charge in [0.05, 0.1) is 5.75 Å². The lowest BCUT2D eigenvalue weighted by atomic mass is 10.1. The maximum atomic E-state index is 12.9. The molecule has 0 bridgehead atoms. The zero-order valence-corrected chi connectivity index (χ0v) is 16.7. The monoisotopic (exact) mass is 415 g/mol. The van der Waals surface area contributed by atoms with Crippen molar-refractivity contribution in [3.05, 3.63) is 65.5 Å². The third-order valence-corrected chi connectivity index (χ3v) is 5.59. The molecule has 1 saturated heterocycles. The van der Waals surface area contributed by atoms with E-state index in [0.717, 1.165) is 12.0 Å². The lowest BCUT2D eigenvalue weighted by Crippen LogP contribution is -2.48. The summed E-state index contributed by atoms with van der Waals surface area (Å²) in [6.45, 7) is 2.20. The zero-order valence-electron chi connectivity index (χ0n) is 15.8. The minimum Gasteiger partial charge on any atom is -0.342 e. The highest BCUT2D eigenvalue weighted by atomic mass is 32.2. The van der Waals surface area contributed by atoms with E-state index >= 15 is 0 Å². The Kier molecular flexibility index (Phi) is 7.24. The molecule has 3 rings (SSSR count). The summed E-state index contributed by atoms with van der Waals surface area (Å²) in [5.41, 5.74) is 2.20. The molecule has 3 amide bonds. The molecule has 0 saturated carbocycles. The quantitative estimate of drug-likeness (QED) is 0.706. The van der Waals surface area contributed by atoms with Crippen molar-refractivity contribution in [1.82, 2.24) is 9.80 Å². The number of hydrogen-bond donors (Lipinski definition) is 1. The van der Waals surface area contributed by atoms with Gasteiger partial charge in [0, 0.05) is 43.2 Å². The summed E-state index contributed by atoms with van der Waals surface area (Å²) in [5, 5.41) is 2.72. The highest BCUT2D eigenvalue weighted by molar-refractivity contribution is 7.99. The van der Waals surface area contributed by atoms with E-state index in [1.807, 2.05) is 12.1 Å². The molecule has 0 unspecified atom stereocenters. The summed E-state index contributed by atoms with van der Waals surface area (Å²) in [5.74, 6) is 0.390. The highest BCUT2D eigenvalue weighted by Crippen LogP contribution is 2.16. The van der Waals surface area contributed by atoms with Gasteiger partial charge in [0.1, 0.15) is 5.82 Å². The number of benzene rings is 2. The van der Waals surface area contributed by atoms with Gasteiger partial charge >= 0.3 is 0 Å². The molecule has 0 atom stereocenters. The molecule has 0 aromatic heterocycles. The van der Waals surface area contributed by atoms with Gasteiger partial charge in [-0.2, -0.15) is 0 Å². The van der Waals surface area contributed by atoms with Gasteiger partial charge in [-0.25, -0.2) is 4.39 Å². The molecule has 1 heterocycles. The summed E-state index contributed by atoms with van der Waals surface area (Å²) in [6, 6.07) is 13.0. The van der Waals surface area contributed by atoms with Crippen molar-refractivity contribution < 1.29 is 18.8 Å². The van der Waals surface area contributed by atoms with E-state index in [1.165, 1.54) is 36.0 Å². The van der Waals surface area contributed by atoms with E-state index < -0.39 is 0 Å². The second-order valence-electron chi connectivity index (χ2n) is 6.68. The first-order chi connectivity index (χ1) is 14.0. The fourth-order valence-corrected chi connectivity index (χ4v) is 3.74. The average molecular weight is 415 g/mol. The number of carbonyl (C=O) groups excluding carboxylic acids is 3. The van der Waals surface area contributed by atoms with Gasteiger partial charge in [0.25, 0.3) is 5.91 Å². The van der Waals surface area contributed by atoms with Crippen LogP contribution in [0.5, 0.6) is 0 Å². The summed E-state index contributed by atoms with van der Waals surface area (Å²) < 4.78 is 12.9. The summed E-state index contributed by atoms with van der Waals surface area (Å²) in [6.07, 6.45) is 0.814. The molecule has 0 spiro atoms. The molecule has 2 aromatic rings. The van der Waals surface area contributed by atoms with Crippen LogP contribution in [0.25, 0.3) is 0 Å². The van der Waals surface area contributed by atoms with E-state index in [0.29, 0.717) is 43.2 Å². The topological polar surface area (TPSA) is 69.7 Å². The minimum absolute atomic E-state index is 0.0339. The van der Waals surface area contributed by atoms with Crippen molar-refractivity contribution in [3.8, 4) is 0 Å². The Bertz CT molecular complexity index is 850. The first-order valence-electron chi connectivity index (χ1n) is 9.26. The van der Waals surface area contributed by atoms with Crippen molar-refractivity contribution in [2.45, 2.75) is 5.75 Å². The average Bonchev–Trinajstić information content (AvgIpc) is 2.75. The summed E-state index contributed by atoms with van der Waals surface area (Å²) in [4.78, 5) is 38.7. The Labute approximate surface area is 173 Å². The number of thioether (sulfide) groups is 1. The van der Waals surface area contributed by atoms with Crippen molar-refractivity contribution >= 4 is 35.7 Å². The molecule has 1 N–H and O–H groups in total. The Morgan fingerprint density at radius 2 is 1.66 bits per heavy atom. The van der Waals surface area contributed by atoms with Gasteiger partial charge in [-0.15, -0.1) is 11.8 Å². The van der Waals surface area contributed by atoms with Gasteiger partial charge in [-0.1, -0.05) is 12.1 Å². The predicted molar refractivity (Wildman–Crippen MR) is 111 cm³/mol. The molecular formula is C21H22FN3O3S. The second kappa shape index (κ2) is 10.1.